The number of benzene rings is 2. The standard InChI is InChI=1S/C31H37N5O4/c1-21-12-18-26(19-13-21)40-29-22(2)34-36-31(29)33-30(35-36)24-14-16-25(17-15-24)32-27(37)20-39-28(38)11-7-6-10-23-8-4-3-5-9-23/h12-19,23,34H,3-11,20H2,1-2H3,(H,32,37). The Bertz CT molecular complexity index is 1430. The number of esters is 1. The molecule has 2 heterocycles. The Morgan fingerprint density at radius 1 is 1.00 bits per heavy atom. The van der Waals surface area contributed by atoms with Crippen LogP contribution in [0.25, 0.3) is 17.0 Å². The molecule has 0 saturated heterocycles. The van der Waals surface area contributed by atoms with Crippen LogP contribution in [0.4, 0.5) is 5.69 Å². The second-order valence-electron chi connectivity index (χ2n) is 10.7. The second-order valence-corrected chi connectivity index (χ2v) is 10.7. The third-order valence-corrected chi connectivity index (χ3v) is 7.42. The van der Waals surface area contributed by atoms with Gasteiger partial charge in [0.15, 0.2) is 18.2 Å². The van der Waals surface area contributed by atoms with Gasteiger partial charge in [0.05, 0.1) is 5.69 Å². The first kappa shape index (κ1) is 27.4. The highest BCUT2D eigenvalue weighted by atomic mass is 16.5. The van der Waals surface area contributed by atoms with Crippen LogP contribution >= 0.6 is 0 Å². The van der Waals surface area contributed by atoms with Crippen molar-refractivity contribution in [1.82, 2.24) is 19.8 Å². The Hall–Kier alpha value is -4.14. The number of aromatic nitrogens is 4. The van der Waals surface area contributed by atoms with Crippen molar-refractivity contribution in [2.45, 2.75) is 71.6 Å². The van der Waals surface area contributed by atoms with Crippen molar-refractivity contribution >= 4 is 23.2 Å². The molecule has 0 radical (unpaired) electrons. The van der Waals surface area contributed by atoms with Crippen molar-refractivity contribution in [3.05, 3.63) is 59.8 Å². The summed E-state index contributed by atoms with van der Waals surface area (Å²) in [5.41, 5.74) is 3.94. The van der Waals surface area contributed by atoms with Gasteiger partial charge in [-0.3, -0.25) is 14.7 Å². The van der Waals surface area contributed by atoms with Gasteiger partial charge in [-0.1, -0.05) is 62.6 Å². The molecule has 2 aromatic heterocycles. The van der Waals surface area contributed by atoms with E-state index in [1.165, 1.54) is 38.5 Å². The van der Waals surface area contributed by atoms with Crippen molar-refractivity contribution in [2.75, 3.05) is 11.9 Å². The van der Waals surface area contributed by atoms with E-state index in [-0.39, 0.29) is 18.5 Å². The molecule has 40 heavy (non-hydrogen) atoms. The fourth-order valence-corrected chi connectivity index (χ4v) is 5.18. The number of aromatic amines is 1. The first-order valence-corrected chi connectivity index (χ1v) is 14.2. The van der Waals surface area contributed by atoms with Gasteiger partial charge in [-0.2, -0.15) is 0 Å². The zero-order valence-electron chi connectivity index (χ0n) is 23.2. The van der Waals surface area contributed by atoms with Gasteiger partial charge >= 0.3 is 5.97 Å². The van der Waals surface area contributed by atoms with E-state index >= 15 is 0 Å². The predicted molar refractivity (Wildman–Crippen MR) is 153 cm³/mol. The molecule has 0 bridgehead atoms. The first-order valence-electron chi connectivity index (χ1n) is 14.2. The van der Waals surface area contributed by atoms with Crippen LogP contribution in [0.15, 0.2) is 48.5 Å². The molecule has 1 aliphatic carbocycles. The monoisotopic (exact) mass is 543 g/mol. The molecular formula is C31H37N5O4. The van der Waals surface area contributed by atoms with E-state index in [1.54, 1.807) is 16.8 Å². The summed E-state index contributed by atoms with van der Waals surface area (Å²) in [6.45, 7) is 3.65. The molecular weight excluding hydrogens is 506 g/mol. The summed E-state index contributed by atoms with van der Waals surface area (Å²) >= 11 is 0. The van der Waals surface area contributed by atoms with Gasteiger partial charge in [0.25, 0.3) is 5.91 Å². The fraction of sp³-hybridized carbons (Fsp3) is 0.419. The van der Waals surface area contributed by atoms with E-state index in [1.807, 2.05) is 50.2 Å². The van der Waals surface area contributed by atoms with Crippen LogP contribution in [0.2, 0.25) is 0 Å². The molecule has 4 aromatic rings. The molecule has 1 fully saturated rings. The molecule has 1 saturated carbocycles. The smallest absolute Gasteiger partial charge is 0.306 e. The average molecular weight is 544 g/mol. The highest BCUT2D eigenvalue weighted by Gasteiger charge is 2.17. The SMILES string of the molecule is Cc1ccc(Oc2c(C)[nH]n3nc(-c4ccc(NC(=O)COC(=O)CCCCC5CCCCC5)cc4)nc23)cc1. The van der Waals surface area contributed by atoms with E-state index in [2.05, 4.69) is 20.5 Å². The summed E-state index contributed by atoms with van der Waals surface area (Å²) < 4.78 is 12.8. The van der Waals surface area contributed by atoms with Gasteiger partial charge < -0.3 is 14.8 Å². The Morgan fingerprint density at radius 3 is 2.50 bits per heavy atom. The lowest BCUT2D eigenvalue weighted by molar-refractivity contribution is -0.147. The summed E-state index contributed by atoms with van der Waals surface area (Å²) in [5, 5.41) is 10.5. The Balaban J connectivity index is 1.09. The lowest BCUT2D eigenvalue weighted by Crippen LogP contribution is -2.20. The Labute approximate surface area is 234 Å². The number of fused-ring (bicyclic) bond motifs is 1. The number of rotatable bonds is 11. The highest BCUT2D eigenvalue weighted by molar-refractivity contribution is 5.93. The van der Waals surface area contributed by atoms with Crippen LogP contribution in [0.1, 0.15) is 69.0 Å². The topological polar surface area (TPSA) is 111 Å². The molecule has 210 valence electrons. The normalized spacial score (nSPS) is 13.8. The lowest BCUT2D eigenvalue weighted by Gasteiger charge is -2.21. The predicted octanol–water partition coefficient (Wildman–Crippen LogP) is 6.76. The molecule has 0 atom stereocenters. The average Bonchev–Trinajstić information content (AvgIpc) is 3.50. The van der Waals surface area contributed by atoms with Crippen molar-refractivity contribution < 1.29 is 19.1 Å². The van der Waals surface area contributed by atoms with Crippen molar-refractivity contribution in [3.8, 4) is 22.9 Å². The molecule has 1 amide bonds. The molecule has 5 rings (SSSR count). The van der Waals surface area contributed by atoms with Crippen molar-refractivity contribution in [3.63, 3.8) is 0 Å². The summed E-state index contributed by atoms with van der Waals surface area (Å²) in [6.07, 6.45) is 10.1. The summed E-state index contributed by atoms with van der Waals surface area (Å²) in [6, 6.07) is 15.0. The number of hydrogen-bond donors (Lipinski definition) is 2. The number of anilines is 1. The second kappa shape index (κ2) is 12.8. The number of ether oxygens (including phenoxy) is 2. The van der Waals surface area contributed by atoms with Gasteiger partial charge in [0.1, 0.15) is 5.75 Å². The minimum absolute atomic E-state index is 0.292. The number of nitrogens with zero attached hydrogens (tertiary/aromatic N) is 3. The van der Waals surface area contributed by atoms with Crippen molar-refractivity contribution in [2.24, 2.45) is 5.92 Å². The van der Waals surface area contributed by atoms with Crippen LogP contribution in [-0.4, -0.2) is 38.3 Å². The third-order valence-electron chi connectivity index (χ3n) is 7.42. The minimum atomic E-state index is -0.370. The van der Waals surface area contributed by atoms with Gasteiger partial charge in [0.2, 0.25) is 5.65 Å². The number of hydrogen-bond acceptors (Lipinski definition) is 6. The maximum Gasteiger partial charge on any atom is 0.306 e. The van der Waals surface area contributed by atoms with Crippen LogP contribution in [0.5, 0.6) is 11.5 Å². The third kappa shape index (κ3) is 7.08. The number of amides is 1. The molecule has 0 spiro atoms. The Morgan fingerprint density at radius 2 is 1.75 bits per heavy atom. The number of aryl methyl sites for hydroxylation is 2. The zero-order valence-corrected chi connectivity index (χ0v) is 23.2. The highest BCUT2D eigenvalue weighted by Crippen LogP contribution is 2.31. The molecule has 0 unspecified atom stereocenters. The maximum atomic E-state index is 12.3. The number of nitrogens with one attached hydrogen (secondary N) is 2. The van der Waals surface area contributed by atoms with Gasteiger partial charge in [-0.25, -0.2) is 4.98 Å². The first-order chi connectivity index (χ1) is 19.4. The minimum Gasteiger partial charge on any atom is -0.456 e. The van der Waals surface area contributed by atoms with E-state index in [9.17, 15) is 9.59 Å². The molecule has 2 aromatic carbocycles. The van der Waals surface area contributed by atoms with Gasteiger partial charge in [0, 0.05) is 17.7 Å². The summed E-state index contributed by atoms with van der Waals surface area (Å²) in [4.78, 5) is 29.0. The molecule has 0 aliphatic heterocycles. The van der Waals surface area contributed by atoms with Crippen LogP contribution < -0.4 is 10.1 Å². The van der Waals surface area contributed by atoms with E-state index in [0.717, 1.165) is 41.3 Å². The largest absolute Gasteiger partial charge is 0.456 e. The lowest BCUT2D eigenvalue weighted by atomic mass is 9.86. The van der Waals surface area contributed by atoms with E-state index < -0.39 is 0 Å². The Kier molecular flexibility index (Phi) is 8.78. The van der Waals surface area contributed by atoms with Crippen molar-refractivity contribution in [1.29, 1.82) is 0 Å². The van der Waals surface area contributed by atoms with Gasteiger partial charge in [-0.15, -0.1) is 9.73 Å². The molecule has 1 aliphatic rings. The number of unbranched alkanes of at least 4 members (excludes halogenated alkanes) is 1. The zero-order chi connectivity index (χ0) is 27.9. The maximum absolute atomic E-state index is 12.3. The molecule has 9 heteroatoms. The number of H-pyrrole nitrogens is 1. The van der Waals surface area contributed by atoms with Crippen LogP contribution in [-0.2, 0) is 14.3 Å². The fourth-order valence-electron chi connectivity index (χ4n) is 5.18. The van der Waals surface area contributed by atoms with Crippen LogP contribution in [0.3, 0.4) is 0 Å². The number of carbonyl (C=O) groups excluding carboxylic acids is 2. The van der Waals surface area contributed by atoms with E-state index in [4.69, 9.17) is 9.47 Å². The van der Waals surface area contributed by atoms with Gasteiger partial charge in [-0.05, 0) is 62.6 Å². The molecule has 9 nitrogen and oxygen atoms in total. The number of carbonyl (C=O) groups is 2. The van der Waals surface area contributed by atoms with E-state index in [0.29, 0.717) is 29.3 Å². The quantitative estimate of drug-likeness (QED) is 0.160. The summed E-state index contributed by atoms with van der Waals surface area (Å²) in [5.74, 6) is 1.99. The van der Waals surface area contributed by atoms with Crippen LogP contribution in [0, 0.1) is 19.8 Å². The summed E-state index contributed by atoms with van der Waals surface area (Å²) in [7, 11) is 0. The molecule has 2 N–H and O–H groups in total.